The molecule has 3 rings (SSSR count). The zero-order valence-corrected chi connectivity index (χ0v) is 17.6. The Labute approximate surface area is 174 Å². The molecule has 1 aromatic carbocycles. The van der Waals surface area contributed by atoms with Crippen LogP contribution < -0.4 is 5.32 Å². The largest absolute Gasteiger partial charge is 0.461 e. The lowest BCUT2D eigenvalue weighted by molar-refractivity contribution is -0.124. The van der Waals surface area contributed by atoms with Crippen molar-refractivity contribution in [1.29, 1.82) is 0 Å². The molecule has 0 saturated carbocycles. The summed E-state index contributed by atoms with van der Waals surface area (Å²) in [6.07, 6.45) is 2.28. The highest BCUT2D eigenvalue weighted by molar-refractivity contribution is 7.89. The van der Waals surface area contributed by atoms with E-state index in [0.717, 1.165) is 4.31 Å². The third kappa shape index (κ3) is 4.54. The summed E-state index contributed by atoms with van der Waals surface area (Å²) in [5.74, 6) is -1.40. The highest BCUT2D eigenvalue weighted by Gasteiger charge is 2.40. The number of carbonyl (C=O) groups is 2. The number of rotatable bonds is 7. The molecule has 0 aliphatic carbocycles. The number of nitrogens with zero attached hydrogens (tertiary/aromatic N) is 2. The Kier molecular flexibility index (Phi) is 6.57. The van der Waals surface area contributed by atoms with Crippen molar-refractivity contribution in [2.75, 3.05) is 13.2 Å². The van der Waals surface area contributed by atoms with E-state index in [0.29, 0.717) is 18.4 Å². The number of sulfonamides is 1. The monoisotopic (exact) mass is 437 g/mol. The Morgan fingerprint density at radius 3 is 2.63 bits per heavy atom. The highest BCUT2D eigenvalue weighted by atomic mass is 32.2. The predicted molar refractivity (Wildman–Crippen MR) is 107 cm³/mol. The molecular weight excluding hydrogens is 413 g/mol. The Hall–Kier alpha value is -2.72. The second-order valence-electron chi connectivity index (χ2n) is 7.01. The molecule has 30 heavy (non-hydrogen) atoms. The SMILES string of the molecule is CCOC(=O)c1cc(S(=O)(=O)N2CCC[C@@H]2C(=O)NCc2ccc(F)cc2)cn1C. The highest BCUT2D eigenvalue weighted by Crippen LogP contribution is 2.27. The second kappa shape index (κ2) is 8.97. The second-order valence-corrected chi connectivity index (χ2v) is 8.90. The van der Waals surface area contributed by atoms with Gasteiger partial charge in [0.15, 0.2) is 0 Å². The van der Waals surface area contributed by atoms with Gasteiger partial charge in [-0.05, 0) is 43.5 Å². The molecule has 0 spiro atoms. The average molecular weight is 437 g/mol. The van der Waals surface area contributed by atoms with E-state index in [1.165, 1.54) is 29.0 Å². The first-order chi connectivity index (χ1) is 14.2. The van der Waals surface area contributed by atoms with Gasteiger partial charge < -0.3 is 14.6 Å². The lowest BCUT2D eigenvalue weighted by Gasteiger charge is -2.23. The van der Waals surface area contributed by atoms with Crippen LogP contribution in [0.25, 0.3) is 0 Å². The van der Waals surface area contributed by atoms with Gasteiger partial charge in [0.05, 0.1) is 6.61 Å². The van der Waals surface area contributed by atoms with Gasteiger partial charge in [-0.3, -0.25) is 4.79 Å². The zero-order valence-electron chi connectivity index (χ0n) is 16.8. The van der Waals surface area contributed by atoms with Crippen LogP contribution in [-0.2, 0) is 33.1 Å². The van der Waals surface area contributed by atoms with Crippen molar-refractivity contribution in [2.24, 2.45) is 7.05 Å². The van der Waals surface area contributed by atoms with Gasteiger partial charge in [-0.25, -0.2) is 17.6 Å². The van der Waals surface area contributed by atoms with E-state index in [4.69, 9.17) is 4.74 Å². The van der Waals surface area contributed by atoms with Crippen molar-refractivity contribution in [1.82, 2.24) is 14.2 Å². The number of nitrogens with one attached hydrogen (secondary N) is 1. The van der Waals surface area contributed by atoms with Crippen molar-refractivity contribution in [3.63, 3.8) is 0 Å². The fourth-order valence-corrected chi connectivity index (χ4v) is 5.15. The molecule has 1 aliphatic rings. The summed E-state index contributed by atoms with van der Waals surface area (Å²) in [4.78, 5) is 24.6. The maximum Gasteiger partial charge on any atom is 0.354 e. The van der Waals surface area contributed by atoms with E-state index >= 15 is 0 Å². The fourth-order valence-electron chi connectivity index (χ4n) is 3.42. The maximum absolute atomic E-state index is 13.1. The van der Waals surface area contributed by atoms with Crippen LogP contribution in [0.15, 0.2) is 41.4 Å². The number of ether oxygens (including phenoxy) is 1. The summed E-state index contributed by atoms with van der Waals surface area (Å²) < 4.78 is 46.8. The molecule has 1 N–H and O–H groups in total. The molecule has 0 bridgehead atoms. The van der Waals surface area contributed by atoms with Crippen molar-refractivity contribution < 1.29 is 27.1 Å². The van der Waals surface area contributed by atoms with E-state index in [9.17, 15) is 22.4 Å². The molecule has 2 aromatic rings. The first-order valence-electron chi connectivity index (χ1n) is 9.61. The van der Waals surface area contributed by atoms with Gasteiger partial charge in [-0.2, -0.15) is 4.31 Å². The van der Waals surface area contributed by atoms with Gasteiger partial charge in [-0.1, -0.05) is 12.1 Å². The van der Waals surface area contributed by atoms with E-state index < -0.39 is 27.9 Å². The van der Waals surface area contributed by atoms with E-state index in [1.54, 1.807) is 26.1 Å². The first kappa shape index (κ1) is 22.0. The Morgan fingerprint density at radius 2 is 1.97 bits per heavy atom. The number of amides is 1. The average Bonchev–Trinajstić information content (AvgIpc) is 3.35. The number of carbonyl (C=O) groups excluding carboxylic acids is 2. The van der Waals surface area contributed by atoms with Gasteiger partial charge >= 0.3 is 5.97 Å². The first-order valence-corrected chi connectivity index (χ1v) is 11.1. The molecule has 1 atom stereocenters. The third-order valence-corrected chi connectivity index (χ3v) is 6.83. The molecule has 0 unspecified atom stereocenters. The molecular formula is C20H24FN3O5S. The smallest absolute Gasteiger partial charge is 0.354 e. The van der Waals surface area contributed by atoms with Crippen molar-refractivity contribution >= 4 is 21.9 Å². The lowest BCUT2D eigenvalue weighted by atomic mass is 10.2. The summed E-state index contributed by atoms with van der Waals surface area (Å²) in [7, 11) is -2.42. The number of hydrogen-bond donors (Lipinski definition) is 1. The summed E-state index contributed by atoms with van der Waals surface area (Å²) in [6.45, 7) is 2.22. The molecule has 2 heterocycles. The van der Waals surface area contributed by atoms with Crippen LogP contribution in [0.5, 0.6) is 0 Å². The van der Waals surface area contributed by atoms with Gasteiger partial charge in [0.2, 0.25) is 15.9 Å². The fraction of sp³-hybridized carbons (Fsp3) is 0.400. The molecule has 0 radical (unpaired) electrons. The standard InChI is InChI=1S/C20H24FN3O5S/c1-3-29-20(26)18-11-16(13-23(18)2)30(27,28)24-10-4-5-17(24)19(25)22-12-14-6-8-15(21)9-7-14/h6-9,11,13,17H,3-5,10,12H2,1-2H3,(H,22,25)/t17-/m1/s1. The zero-order chi connectivity index (χ0) is 21.9. The van der Waals surface area contributed by atoms with E-state index in [-0.39, 0.29) is 36.1 Å². The number of hydrogen-bond acceptors (Lipinski definition) is 5. The summed E-state index contributed by atoms with van der Waals surface area (Å²) in [5.41, 5.74) is 0.825. The van der Waals surface area contributed by atoms with E-state index in [2.05, 4.69) is 5.32 Å². The molecule has 162 valence electrons. The van der Waals surface area contributed by atoms with Crippen LogP contribution in [-0.4, -0.2) is 48.4 Å². The Morgan fingerprint density at radius 1 is 1.27 bits per heavy atom. The van der Waals surface area contributed by atoms with Crippen LogP contribution in [0.3, 0.4) is 0 Å². The summed E-state index contributed by atoms with van der Waals surface area (Å²) in [5, 5.41) is 2.72. The van der Waals surface area contributed by atoms with Crippen LogP contribution >= 0.6 is 0 Å². The molecule has 1 amide bonds. The molecule has 1 aliphatic heterocycles. The minimum atomic E-state index is -3.98. The molecule has 1 saturated heterocycles. The Bertz CT molecular complexity index is 1030. The van der Waals surface area contributed by atoms with Gasteiger partial charge in [0.25, 0.3) is 0 Å². The minimum absolute atomic E-state index is 0.0636. The molecule has 8 nitrogen and oxygen atoms in total. The minimum Gasteiger partial charge on any atom is -0.461 e. The van der Waals surface area contributed by atoms with Crippen LogP contribution in [0.4, 0.5) is 4.39 Å². The molecule has 1 fully saturated rings. The van der Waals surface area contributed by atoms with Crippen LogP contribution in [0.2, 0.25) is 0 Å². The summed E-state index contributed by atoms with van der Waals surface area (Å²) >= 11 is 0. The maximum atomic E-state index is 13.1. The number of halogens is 1. The number of esters is 1. The number of aromatic nitrogens is 1. The molecule has 10 heteroatoms. The summed E-state index contributed by atoms with van der Waals surface area (Å²) in [6, 6.07) is 6.12. The molecule has 1 aromatic heterocycles. The normalized spacial score (nSPS) is 17.1. The van der Waals surface area contributed by atoms with Crippen molar-refractivity contribution in [3.05, 3.63) is 53.6 Å². The van der Waals surface area contributed by atoms with Crippen LogP contribution in [0, 0.1) is 5.82 Å². The topological polar surface area (TPSA) is 97.7 Å². The van der Waals surface area contributed by atoms with Gasteiger partial charge in [0, 0.05) is 26.3 Å². The predicted octanol–water partition coefficient (Wildman–Crippen LogP) is 1.81. The van der Waals surface area contributed by atoms with Gasteiger partial charge in [0.1, 0.15) is 22.4 Å². The Balaban J connectivity index is 1.75. The van der Waals surface area contributed by atoms with Crippen molar-refractivity contribution in [3.8, 4) is 0 Å². The number of benzene rings is 1. The number of aryl methyl sites for hydroxylation is 1. The third-order valence-electron chi connectivity index (χ3n) is 4.96. The van der Waals surface area contributed by atoms with Gasteiger partial charge in [-0.15, -0.1) is 0 Å². The quantitative estimate of drug-likeness (QED) is 0.667. The van der Waals surface area contributed by atoms with Crippen molar-refractivity contribution in [2.45, 2.75) is 37.2 Å². The van der Waals surface area contributed by atoms with Crippen LogP contribution in [0.1, 0.15) is 35.8 Å². The van der Waals surface area contributed by atoms with E-state index in [1.807, 2.05) is 0 Å². The lowest BCUT2D eigenvalue weighted by Crippen LogP contribution is -2.45.